The van der Waals surface area contributed by atoms with Gasteiger partial charge in [0.25, 0.3) is 0 Å². The highest BCUT2D eigenvalue weighted by Crippen LogP contribution is 2.28. The molecule has 1 saturated heterocycles. The standard InChI is InChI=1S/C21H36O4/c1-5-6-10-15-21(4,24)16-13-18-17(25-18)12-9-7-8-11-14-20(2,3)19(22)23/h17-18,24H,5-12,14-15H2,1-4H3,(H,22,23). The molecule has 1 heterocycles. The zero-order valence-electron chi connectivity index (χ0n) is 16.4. The van der Waals surface area contributed by atoms with E-state index in [0.717, 1.165) is 64.2 Å². The van der Waals surface area contributed by atoms with Crippen molar-refractivity contribution in [2.75, 3.05) is 0 Å². The van der Waals surface area contributed by atoms with Gasteiger partial charge in [0.1, 0.15) is 11.7 Å². The first-order valence-electron chi connectivity index (χ1n) is 9.82. The van der Waals surface area contributed by atoms with Crippen LogP contribution in [0.4, 0.5) is 0 Å². The van der Waals surface area contributed by atoms with Gasteiger partial charge in [-0.2, -0.15) is 0 Å². The summed E-state index contributed by atoms with van der Waals surface area (Å²) in [6.45, 7) is 7.50. The third-order valence-corrected chi connectivity index (χ3v) is 4.95. The molecule has 0 bridgehead atoms. The molecule has 1 rings (SSSR count). The number of hydrogen-bond acceptors (Lipinski definition) is 3. The second kappa shape index (κ2) is 10.2. The number of aliphatic carboxylic acids is 1. The SMILES string of the molecule is CCCCCC(C)(O)C#CC1OC1CCCCCCC(C)(C)C(=O)O. The molecule has 0 spiro atoms. The fourth-order valence-corrected chi connectivity index (χ4v) is 2.87. The second-order valence-corrected chi connectivity index (χ2v) is 8.24. The molecule has 0 aromatic carbocycles. The van der Waals surface area contributed by atoms with E-state index in [9.17, 15) is 9.90 Å². The van der Waals surface area contributed by atoms with Crippen molar-refractivity contribution in [3.63, 3.8) is 0 Å². The fraction of sp³-hybridized carbons (Fsp3) is 0.857. The lowest BCUT2D eigenvalue weighted by molar-refractivity contribution is -0.147. The Balaban J connectivity index is 2.10. The van der Waals surface area contributed by atoms with Crippen LogP contribution in [0.15, 0.2) is 0 Å². The van der Waals surface area contributed by atoms with Crippen molar-refractivity contribution < 1.29 is 19.7 Å². The highest BCUT2D eigenvalue weighted by molar-refractivity contribution is 5.73. The molecule has 0 aromatic rings. The van der Waals surface area contributed by atoms with E-state index in [1.54, 1.807) is 20.8 Å². The summed E-state index contributed by atoms with van der Waals surface area (Å²) in [6, 6.07) is 0. The topological polar surface area (TPSA) is 70.1 Å². The first kappa shape index (κ1) is 22.0. The molecule has 144 valence electrons. The van der Waals surface area contributed by atoms with Crippen molar-refractivity contribution in [3.05, 3.63) is 0 Å². The van der Waals surface area contributed by atoms with Crippen LogP contribution in [0.5, 0.6) is 0 Å². The number of epoxide rings is 1. The van der Waals surface area contributed by atoms with E-state index in [4.69, 9.17) is 9.84 Å². The number of rotatable bonds is 12. The van der Waals surface area contributed by atoms with Crippen molar-refractivity contribution in [2.24, 2.45) is 5.41 Å². The molecule has 1 fully saturated rings. The van der Waals surface area contributed by atoms with Crippen LogP contribution < -0.4 is 0 Å². The predicted molar refractivity (Wildman–Crippen MR) is 100 cm³/mol. The van der Waals surface area contributed by atoms with Gasteiger partial charge in [0, 0.05) is 0 Å². The Morgan fingerprint density at radius 3 is 2.32 bits per heavy atom. The maximum absolute atomic E-state index is 11.0. The second-order valence-electron chi connectivity index (χ2n) is 8.24. The Kier molecular flexibility index (Phi) is 8.96. The van der Waals surface area contributed by atoms with Crippen molar-refractivity contribution in [2.45, 2.75) is 110 Å². The lowest BCUT2D eigenvalue weighted by Gasteiger charge is -2.18. The van der Waals surface area contributed by atoms with Crippen LogP contribution in [0.2, 0.25) is 0 Å². The maximum Gasteiger partial charge on any atom is 0.309 e. The first-order valence-corrected chi connectivity index (χ1v) is 9.82. The van der Waals surface area contributed by atoms with E-state index in [1.807, 2.05) is 0 Å². The van der Waals surface area contributed by atoms with Crippen molar-refractivity contribution in [1.82, 2.24) is 0 Å². The minimum Gasteiger partial charge on any atom is -0.481 e. The summed E-state index contributed by atoms with van der Waals surface area (Å²) in [5, 5.41) is 19.3. The molecule has 4 nitrogen and oxygen atoms in total. The number of aliphatic hydroxyl groups is 1. The predicted octanol–water partition coefficient (Wildman–Crippen LogP) is 4.54. The number of carboxylic acid groups (broad SMARTS) is 1. The summed E-state index contributed by atoms with van der Waals surface area (Å²) in [4.78, 5) is 11.0. The minimum atomic E-state index is -0.900. The lowest BCUT2D eigenvalue weighted by atomic mass is 9.87. The van der Waals surface area contributed by atoms with Crippen LogP contribution in [0.1, 0.15) is 91.9 Å². The molecule has 0 amide bonds. The molecule has 0 saturated carbocycles. The minimum absolute atomic E-state index is 0.0106. The molecule has 0 aromatic heterocycles. The van der Waals surface area contributed by atoms with Crippen LogP contribution >= 0.6 is 0 Å². The number of carboxylic acids is 1. The smallest absolute Gasteiger partial charge is 0.309 e. The molecule has 25 heavy (non-hydrogen) atoms. The lowest BCUT2D eigenvalue weighted by Crippen LogP contribution is -2.23. The van der Waals surface area contributed by atoms with Crippen LogP contribution in [0.25, 0.3) is 0 Å². The van der Waals surface area contributed by atoms with Crippen LogP contribution in [-0.4, -0.2) is 34.0 Å². The number of unbranched alkanes of at least 4 members (excludes halogenated alkanes) is 5. The average molecular weight is 353 g/mol. The monoisotopic (exact) mass is 352 g/mol. The third kappa shape index (κ3) is 9.28. The Bertz CT molecular complexity index is 470. The Morgan fingerprint density at radius 1 is 1.04 bits per heavy atom. The normalized spacial score (nSPS) is 22.0. The van der Waals surface area contributed by atoms with E-state index < -0.39 is 17.0 Å². The quantitative estimate of drug-likeness (QED) is 0.307. The maximum atomic E-state index is 11.0. The molecule has 1 aliphatic rings. The van der Waals surface area contributed by atoms with Gasteiger partial charge < -0.3 is 14.9 Å². The zero-order chi connectivity index (χ0) is 18.9. The van der Waals surface area contributed by atoms with Gasteiger partial charge in [-0.05, 0) is 46.5 Å². The van der Waals surface area contributed by atoms with Gasteiger partial charge in [0.05, 0.1) is 11.5 Å². The Labute approximate surface area is 153 Å². The summed E-state index contributed by atoms with van der Waals surface area (Å²) in [7, 11) is 0. The molecular weight excluding hydrogens is 316 g/mol. The van der Waals surface area contributed by atoms with Crippen LogP contribution in [0.3, 0.4) is 0 Å². The van der Waals surface area contributed by atoms with Crippen molar-refractivity contribution in [3.8, 4) is 11.8 Å². The Hall–Kier alpha value is -1.05. The third-order valence-electron chi connectivity index (χ3n) is 4.95. The Morgan fingerprint density at radius 2 is 1.68 bits per heavy atom. The molecule has 3 unspecified atom stereocenters. The first-order chi connectivity index (χ1) is 11.7. The molecule has 4 heteroatoms. The molecule has 1 aliphatic heterocycles. The largest absolute Gasteiger partial charge is 0.481 e. The summed E-state index contributed by atoms with van der Waals surface area (Å²) in [5.74, 6) is 5.33. The van der Waals surface area contributed by atoms with Gasteiger partial charge in [-0.1, -0.05) is 57.3 Å². The summed E-state index contributed by atoms with van der Waals surface area (Å²) >= 11 is 0. The van der Waals surface area contributed by atoms with Crippen LogP contribution in [-0.2, 0) is 9.53 Å². The van der Waals surface area contributed by atoms with Crippen molar-refractivity contribution >= 4 is 5.97 Å². The summed E-state index contributed by atoms with van der Waals surface area (Å²) < 4.78 is 5.57. The number of ether oxygens (including phenoxy) is 1. The highest BCUT2D eigenvalue weighted by atomic mass is 16.6. The van der Waals surface area contributed by atoms with Gasteiger partial charge in [0.2, 0.25) is 0 Å². The molecule has 0 radical (unpaired) electrons. The van der Waals surface area contributed by atoms with Gasteiger partial charge in [-0.25, -0.2) is 0 Å². The average Bonchev–Trinajstić information content (AvgIpc) is 3.27. The van der Waals surface area contributed by atoms with Crippen molar-refractivity contribution in [1.29, 1.82) is 0 Å². The van der Waals surface area contributed by atoms with E-state index in [-0.39, 0.29) is 12.2 Å². The van der Waals surface area contributed by atoms with E-state index >= 15 is 0 Å². The molecular formula is C21H36O4. The molecule has 2 N–H and O–H groups in total. The van der Waals surface area contributed by atoms with Gasteiger partial charge >= 0.3 is 5.97 Å². The number of hydrogen-bond donors (Lipinski definition) is 2. The fourth-order valence-electron chi connectivity index (χ4n) is 2.87. The summed E-state index contributed by atoms with van der Waals surface area (Å²) in [6.07, 6.45) is 10.1. The van der Waals surface area contributed by atoms with Gasteiger partial charge in [-0.3, -0.25) is 4.79 Å². The van der Waals surface area contributed by atoms with Gasteiger partial charge in [-0.15, -0.1) is 0 Å². The summed E-state index contributed by atoms with van der Waals surface area (Å²) in [5.41, 5.74) is -1.52. The van der Waals surface area contributed by atoms with Gasteiger partial charge in [0.15, 0.2) is 0 Å². The van der Waals surface area contributed by atoms with E-state index in [0.29, 0.717) is 0 Å². The van der Waals surface area contributed by atoms with Crippen LogP contribution in [0, 0.1) is 17.3 Å². The van der Waals surface area contributed by atoms with E-state index in [1.165, 1.54) is 0 Å². The van der Waals surface area contributed by atoms with E-state index in [2.05, 4.69) is 18.8 Å². The highest BCUT2D eigenvalue weighted by Gasteiger charge is 2.36. The molecule has 0 aliphatic carbocycles. The zero-order valence-corrected chi connectivity index (χ0v) is 16.4. The number of carbonyl (C=O) groups is 1. The molecule has 3 atom stereocenters.